The van der Waals surface area contributed by atoms with E-state index in [1.54, 1.807) is 29.7 Å². The van der Waals surface area contributed by atoms with Crippen molar-refractivity contribution >= 4 is 11.3 Å². The summed E-state index contributed by atoms with van der Waals surface area (Å²) in [5.41, 5.74) is 1.32. The molecular weight excluding hydrogens is 270 g/mol. The van der Waals surface area contributed by atoms with Crippen molar-refractivity contribution in [2.24, 2.45) is 5.92 Å². The first kappa shape index (κ1) is 14.6. The Morgan fingerprint density at radius 2 is 2.20 bits per heavy atom. The molecule has 0 fully saturated rings. The van der Waals surface area contributed by atoms with Gasteiger partial charge in [0.25, 0.3) is 0 Å². The highest BCUT2D eigenvalue weighted by Crippen LogP contribution is 2.21. The van der Waals surface area contributed by atoms with Crippen molar-refractivity contribution in [3.8, 4) is 16.8 Å². The van der Waals surface area contributed by atoms with Crippen LogP contribution in [0, 0.1) is 17.2 Å². The lowest BCUT2D eigenvalue weighted by Gasteiger charge is -2.05. The Morgan fingerprint density at radius 1 is 1.35 bits per heavy atom. The SMILES string of the molecule is CC(C)CNCCc1nnc(-c2ccc(C#N)cn2)s1. The Kier molecular flexibility index (Phi) is 5.16. The third kappa shape index (κ3) is 4.08. The maximum atomic E-state index is 8.74. The van der Waals surface area contributed by atoms with Gasteiger partial charge in [0.1, 0.15) is 16.8 Å². The number of pyridine rings is 1. The zero-order chi connectivity index (χ0) is 14.4. The smallest absolute Gasteiger partial charge is 0.166 e. The minimum absolute atomic E-state index is 0.552. The van der Waals surface area contributed by atoms with Crippen LogP contribution in [-0.4, -0.2) is 28.3 Å². The Bertz CT molecular complexity index is 582. The molecule has 1 N–H and O–H groups in total. The molecule has 6 heteroatoms. The summed E-state index contributed by atoms with van der Waals surface area (Å²) in [6, 6.07) is 5.60. The second-order valence-corrected chi connectivity index (χ2v) is 5.95. The normalized spacial score (nSPS) is 10.7. The highest BCUT2D eigenvalue weighted by atomic mass is 32.1. The van der Waals surface area contributed by atoms with Gasteiger partial charge in [-0.25, -0.2) is 0 Å². The Morgan fingerprint density at radius 3 is 2.85 bits per heavy atom. The van der Waals surface area contributed by atoms with Crippen molar-refractivity contribution in [3.63, 3.8) is 0 Å². The molecule has 0 radical (unpaired) electrons. The third-order valence-electron chi connectivity index (χ3n) is 2.65. The first-order valence-electron chi connectivity index (χ1n) is 6.58. The second-order valence-electron chi connectivity index (χ2n) is 4.89. The number of nitrogens with zero attached hydrogens (tertiary/aromatic N) is 4. The van der Waals surface area contributed by atoms with Gasteiger partial charge in [0.2, 0.25) is 0 Å². The van der Waals surface area contributed by atoms with Crippen LogP contribution in [0.5, 0.6) is 0 Å². The van der Waals surface area contributed by atoms with E-state index in [-0.39, 0.29) is 0 Å². The van der Waals surface area contributed by atoms with Gasteiger partial charge in [-0.3, -0.25) is 4.98 Å². The van der Waals surface area contributed by atoms with E-state index in [9.17, 15) is 0 Å². The van der Waals surface area contributed by atoms with Crippen molar-refractivity contribution in [3.05, 3.63) is 28.9 Å². The summed E-state index contributed by atoms with van der Waals surface area (Å²) in [6.07, 6.45) is 2.43. The maximum absolute atomic E-state index is 8.74. The van der Waals surface area contributed by atoms with Crippen molar-refractivity contribution in [1.82, 2.24) is 20.5 Å². The number of rotatable bonds is 6. The summed E-state index contributed by atoms with van der Waals surface area (Å²) < 4.78 is 0. The predicted octanol–water partition coefficient (Wildman–Crippen LogP) is 2.26. The van der Waals surface area contributed by atoms with Gasteiger partial charge in [-0.15, -0.1) is 10.2 Å². The van der Waals surface area contributed by atoms with E-state index in [2.05, 4.69) is 40.4 Å². The molecule has 0 saturated carbocycles. The van der Waals surface area contributed by atoms with Gasteiger partial charge in [-0.05, 0) is 24.6 Å². The molecule has 2 aromatic rings. The molecule has 0 aliphatic rings. The molecule has 0 bridgehead atoms. The molecule has 0 aromatic carbocycles. The van der Waals surface area contributed by atoms with Crippen molar-refractivity contribution < 1.29 is 0 Å². The fourth-order valence-electron chi connectivity index (χ4n) is 1.63. The second kappa shape index (κ2) is 7.08. The van der Waals surface area contributed by atoms with Gasteiger partial charge < -0.3 is 5.32 Å². The Balaban J connectivity index is 1.93. The molecule has 2 rings (SSSR count). The summed E-state index contributed by atoms with van der Waals surface area (Å²) in [4.78, 5) is 4.22. The van der Waals surface area contributed by atoms with Gasteiger partial charge in [-0.2, -0.15) is 5.26 Å². The molecule has 0 atom stereocenters. The molecule has 5 nitrogen and oxygen atoms in total. The van der Waals surface area contributed by atoms with Crippen LogP contribution in [0.25, 0.3) is 10.7 Å². The van der Waals surface area contributed by atoms with E-state index in [0.717, 1.165) is 35.2 Å². The van der Waals surface area contributed by atoms with Crippen molar-refractivity contribution in [2.75, 3.05) is 13.1 Å². The molecular formula is C14H17N5S. The molecule has 104 valence electrons. The van der Waals surface area contributed by atoms with Crippen LogP contribution >= 0.6 is 11.3 Å². The first-order valence-corrected chi connectivity index (χ1v) is 7.40. The van der Waals surface area contributed by atoms with Crippen LogP contribution in [-0.2, 0) is 6.42 Å². The van der Waals surface area contributed by atoms with Gasteiger partial charge in [-0.1, -0.05) is 25.2 Å². The van der Waals surface area contributed by atoms with Gasteiger partial charge >= 0.3 is 0 Å². The zero-order valence-electron chi connectivity index (χ0n) is 11.6. The van der Waals surface area contributed by atoms with E-state index in [0.29, 0.717) is 11.5 Å². The molecule has 2 heterocycles. The van der Waals surface area contributed by atoms with Crippen molar-refractivity contribution in [2.45, 2.75) is 20.3 Å². The summed E-state index contributed by atoms with van der Waals surface area (Å²) in [6.45, 7) is 6.30. The molecule has 0 spiro atoms. The van der Waals surface area contributed by atoms with E-state index in [1.165, 1.54) is 0 Å². The Labute approximate surface area is 122 Å². The summed E-state index contributed by atoms with van der Waals surface area (Å²) in [7, 11) is 0. The standard InChI is InChI=1S/C14H17N5S/c1-10(2)8-16-6-5-13-18-19-14(20-13)12-4-3-11(7-15)9-17-12/h3-4,9-10,16H,5-6,8H2,1-2H3. The number of hydrogen-bond acceptors (Lipinski definition) is 6. The number of hydrogen-bond donors (Lipinski definition) is 1. The quantitative estimate of drug-likeness (QED) is 0.825. The summed E-state index contributed by atoms with van der Waals surface area (Å²) in [5.74, 6) is 0.655. The minimum Gasteiger partial charge on any atom is -0.316 e. The molecule has 2 aromatic heterocycles. The lowest BCUT2D eigenvalue weighted by molar-refractivity contribution is 0.553. The number of nitrogens with one attached hydrogen (secondary N) is 1. The topological polar surface area (TPSA) is 74.5 Å². The van der Waals surface area contributed by atoms with Crippen LogP contribution in [0.15, 0.2) is 18.3 Å². The molecule has 20 heavy (non-hydrogen) atoms. The number of aromatic nitrogens is 3. The molecule has 0 saturated heterocycles. The predicted molar refractivity (Wildman–Crippen MR) is 79.3 cm³/mol. The van der Waals surface area contributed by atoms with Crippen LogP contribution in [0.4, 0.5) is 0 Å². The first-order chi connectivity index (χ1) is 9.69. The highest BCUT2D eigenvalue weighted by molar-refractivity contribution is 7.14. The average molecular weight is 287 g/mol. The molecule has 0 aliphatic carbocycles. The molecule has 0 aliphatic heterocycles. The van der Waals surface area contributed by atoms with Crippen LogP contribution in [0.3, 0.4) is 0 Å². The van der Waals surface area contributed by atoms with Crippen molar-refractivity contribution in [1.29, 1.82) is 5.26 Å². The zero-order valence-corrected chi connectivity index (χ0v) is 12.4. The van der Waals surface area contributed by atoms with Crippen LogP contribution in [0.1, 0.15) is 24.4 Å². The highest BCUT2D eigenvalue weighted by Gasteiger charge is 2.07. The van der Waals surface area contributed by atoms with Crippen LogP contribution in [0.2, 0.25) is 0 Å². The average Bonchev–Trinajstić information content (AvgIpc) is 2.92. The van der Waals surface area contributed by atoms with Crippen LogP contribution < -0.4 is 5.32 Å². The largest absolute Gasteiger partial charge is 0.316 e. The lowest BCUT2D eigenvalue weighted by Crippen LogP contribution is -2.22. The monoisotopic (exact) mass is 287 g/mol. The number of nitriles is 1. The minimum atomic E-state index is 0.552. The molecule has 0 unspecified atom stereocenters. The van der Waals surface area contributed by atoms with Gasteiger partial charge in [0.15, 0.2) is 5.01 Å². The fraction of sp³-hybridized carbons (Fsp3) is 0.429. The van der Waals surface area contributed by atoms with Gasteiger partial charge in [0, 0.05) is 19.2 Å². The summed E-state index contributed by atoms with van der Waals surface area (Å²) >= 11 is 1.55. The Hall–Kier alpha value is -1.84. The van der Waals surface area contributed by atoms with E-state index < -0.39 is 0 Å². The maximum Gasteiger partial charge on any atom is 0.166 e. The third-order valence-corrected chi connectivity index (χ3v) is 3.65. The lowest BCUT2D eigenvalue weighted by atomic mass is 10.2. The van der Waals surface area contributed by atoms with Gasteiger partial charge in [0.05, 0.1) is 5.56 Å². The fourth-order valence-corrected chi connectivity index (χ4v) is 2.45. The van der Waals surface area contributed by atoms with E-state index in [1.807, 2.05) is 0 Å². The van der Waals surface area contributed by atoms with E-state index in [4.69, 9.17) is 5.26 Å². The molecule has 0 amide bonds. The van der Waals surface area contributed by atoms with E-state index >= 15 is 0 Å². The summed E-state index contributed by atoms with van der Waals surface area (Å²) in [5, 5.41) is 22.3.